The lowest BCUT2D eigenvalue weighted by atomic mass is 9.78. The molecular weight excluding hydrogens is 250 g/mol. The van der Waals surface area contributed by atoms with Crippen LogP contribution < -0.4 is 0 Å². The van der Waals surface area contributed by atoms with Gasteiger partial charge >= 0.3 is 5.97 Å². The lowest BCUT2D eigenvalue weighted by Crippen LogP contribution is -2.20. The molecule has 2 unspecified atom stereocenters. The number of aromatic nitrogens is 1. The Balaban J connectivity index is 2.40. The predicted octanol–water partition coefficient (Wildman–Crippen LogP) is 3.93. The lowest BCUT2D eigenvalue weighted by Gasteiger charge is -2.28. The number of aromatic carboxylic acids is 1. The Morgan fingerprint density at radius 1 is 1.35 bits per heavy atom. The highest BCUT2D eigenvalue weighted by Crippen LogP contribution is 2.38. The van der Waals surface area contributed by atoms with Gasteiger partial charge in [-0.15, -0.1) is 0 Å². The van der Waals surface area contributed by atoms with Gasteiger partial charge in [0.15, 0.2) is 0 Å². The number of nitrogens with zero attached hydrogens (tertiary/aromatic N) is 1. The summed E-state index contributed by atoms with van der Waals surface area (Å²) in [7, 11) is 0. The third-order valence-electron chi connectivity index (χ3n) is 4.26. The molecule has 2 aromatic rings. The van der Waals surface area contributed by atoms with Crippen LogP contribution in [0, 0.1) is 12.8 Å². The Morgan fingerprint density at radius 3 is 2.80 bits per heavy atom. The van der Waals surface area contributed by atoms with Crippen LogP contribution in [0.15, 0.2) is 18.2 Å². The zero-order valence-electron chi connectivity index (χ0n) is 12.1. The van der Waals surface area contributed by atoms with Gasteiger partial charge in [0.1, 0.15) is 0 Å². The maximum atomic E-state index is 11.8. The van der Waals surface area contributed by atoms with E-state index >= 15 is 0 Å². The summed E-state index contributed by atoms with van der Waals surface area (Å²) in [5.41, 5.74) is 4.26. The Labute approximate surface area is 118 Å². The van der Waals surface area contributed by atoms with Gasteiger partial charge < -0.3 is 5.11 Å². The molecule has 1 aromatic carbocycles. The molecule has 3 nitrogen and oxygen atoms in total. The standard InChI is InChI=1S/C17H19NO2/c1-9-4-5-13-12(7-9)16(17(19)20)15-11(3)6-10(2)8-14(15)18-13/h4-5,7,10-11H,6,8H2,1-3H3,(H,19,20). The van der Waals surface area contributed by atoms with E-state index in [4.69, 9.17) is 4.98 Å². The molecule has 0 aliphatic heterocycles. The zero-order chi connectivity index (χ0) is 14.4. The van der Waals surface area contributed by atoms with E-state index in [0.717, 1.165) is 40.6 Å². The van der Waals surface area contributed by atoms with Crippen molar-refractivity contribution in [1.29, 1.82) is 0 Å². The third-order valence-corrected chi connectivity index (χ3v) is 4.26. The van der Waals surface area contributed by atoms with Gasteiger partial charge in [-0.1, -0.05) is 25.5 Å². The van der Waals surface area contributed by atoms with Crippen molar-refractivity contribution in [1.82, 2.24) is 4.98 Å². The molecule has 1 heterocycles. The van der Waals surface area contributed by atoms with Gasteiger partial charge in [-0.05, 0) is 49.3 Å². The van der Waals surface area contributed by atoms with Gasteiger partial charge in [0, 0.05) is 11.1 Å². The average molecular weight is 269 g/mol. The summed E-state index contributed by atoms with van der Waals surface area (Å²) < 4.78 is 0. The largest absolute Gasteiger partial charge is 0.478 e. The SMILES string of the molecule is Cc1ccc2nc3c(c(C(=O)O)c2c1)C(C)CC(C)C3. The van der Waals surface area contributed by atoms with Crippen molar-refractivity contribution in [3.05, 3.63) is 40.6 Å². The van der Waals surface area contributed by atoms with Crippen LogP contribution in [0.2, 0.25) is 0 Å². The summed E-state index contributed by atoms with van der Waals surface area (Å²) in [5.74, 6) is -0.00698. The van der Waals surface area contributed by atoms with Gasteiger partial charge in [0.05, 0.1) is 11.1 Å². The number of aryl methyl sites for hydroxylation is 1. The van der Waals surface area contributed by atoms with Crippen molar-refractivity contribution in [3.63, 3.8) is 0 Å². The van der Waals surface area contributed by atoms with Crippen molar-refractivity contribution >= 4 is 16.9 Å². The normalized spacial score (nSPS) is 21.8. The van der Waals surface area contributed by atoms with Crippen LogP contribution in [-0.4, -0.2) is 16.1 Å². The molecule has 1 aliphatic carbocycles. The second kappa shape index (κ2) is 4.58. The number of benzene rings is 1. The fraction of sp³-hybridized carbons (Fsp3) is 0.412. The van der Waals surface area contributed by atoms with Crippen molar-refractivity contribution in [2.75, 3.05) is 0 Å². The number of pyridine rings is 1. The smallest absolute Gasteiger partial charge is 0.336 e. The van der Waals surface area contributed by atoms with Gasteiger partial charge in [-0.3, -0.25) is 4.98 Å². The molecular formula is C17H19NO2. The monoisotopic (exact) mass is 269 g/mol. The van der Waals surface area contributed by atoms with Crippen molar-refractivity contribution in [2.45, 2.75) is 39.5 Å². The molecule has 0 spiro atoms. The predicted molar refractivity (Wildman–Crippen MR) is 79.3 cm³/mol. The lowest BCUT2D eigenvalue weighted by molar-refractivity contribution is 0.0696. The van der Waals surface area contributed by atoms with Crippen LogP contribution in [0.3, 0.4) is 0 Å². The van der Waals surface area contributed by atoms with Gasteiger partial charge in [-0.25, -0.2) is 4.79 Å². The Morgan fingerprint density at radius 2 is 2.10 bits per heavy atom. The summed E-state index contributed by atoms with van der Waals surface area (Å²) in [6.45, 7) is 6.31. The summed E-state index contributed by atoms with van der Waals surface area (Å²) in [6.07, 6.45) is 1.91. The molecule has 0 fully saturated rings. The third kappa shape index (κ3) is 1.98. The van der Waals surface area contributed by atoms with Crippen molar-refractivity contribution in [3.8, 4) is 0 Å². The molecule has 104 valence electrons. The zero-order valence-corrected chi connectivity index (χ0v) is 12.1. The van der Waals surface area contributed by atoms with E-state index in [1.807, 2.05) is 25.1 Å². The Bertz CT molecular complexity index is 706. The van der Waals surface area contributed by atoms with Crippen LogP contribution in [0.5, 0.6) is 0 Å². The van der Waals surface area contributed by atoms with E-state index in [0.29, 0.717) is 11.5 Å². The average Bonchev–Trinajstić information content (AvgIpc) is 2.36. The first-order valence-electron chi connectivity index (χ1n) is 7.13. The maximum Gasteiger partial charge on any atom is 0.336 e. The van der Waals surface area contributed by atoms with E-state index in [-0.39, 0.29) is 5.92 Å². The first-order chi connectivity index (χ1) is 9.47. The Hall–Kier alpha value is -1.90. The molecule has 3 heteroatoms. The van der Waals surface area contributed by atoms with E-state index in [9.17, 15) is 9.90 Å². The minimum Gasteiger partial charge on any atom is -0.478 e. The summed E-state index contributed by atoms with van der Waals surface area (Å²) in [5, 5.41) is 10.5. The van der Waals surface area contributed by atoms with Crippen LogP contribution in [0.25, 0.3) is 10.9 Å². The van der Waals surface area contributed by atoms with Crippen LogP contribution in [0.1, 0.15) is 53.4 Å². The quantitative estimate of drug-likeness (QED) is 0.853. The van der Waals surface area contributed by atoms with Crippen molar-refractivity contribution < 1.29 is 9.90 Å². The highest BCUT2D eigenvalue weighted by atomic mass is 16.4. The maximum absolute atomic E-state index is 11.8. The molecule has 1 aliphatic rings. The minimum absolute atomic E-state index is 0.261. The molecule has 0 saturated carbocycles. The van der Waals surface area contributed by atoms with E-state index in [2.05, 4.69) is 13.8 Å². The number of rotatable bonds is 1. The molecule has 20 heavy (non-hydrogen) atoms. The molecule has 2 atom stereocenters. The summed E-state index contributed by atoms with van der Waals surface area (Å²) in [6, 6.07) is 5.86. The van der Waals surface area contributed by atoms with Crippen LogP contribution in [-0.2, 0) is 6.42 Å². The topological polar surface area (TPSA) is 50.2 Å². The van der Waals surface area contributed by atoms with Gasteiger partial charge in [0.2, 0.25) is 0 Å². The number of hydrogen-bond acceptors (Lipinski definition) is 2. The second-order valence-corrected chi connectivity index (χ2v) is 6.12. The molecule has 0 radical (unpaired) electrons. The van der Waals surface area contributed by atoms with Crippen molar-refractivity contribution in [2.24, 2.45) is 5.92 Å². The number of hydrogen-bond donors (Lipinski definition) is 1. The first-order valence-corrected chi connectivity index (χ1v) is 7.13. The number of fused-ring (bicyclic) bond motifs is 2. The number of carboxylic acid groups (broad SMARTS) is 1. The Kier molecular flexibility index (Phi) is 3.00. The van der Waals surface area contributed by atoms with E-state index < -0.39 is 5.97 Å². The molecule has 1 aromatic heterocycles. The molecule has 3 rings (SSSR count). The first kappa shape index (κ1) is 13.1. The molecule has 1 N–H and O–H groups in total. The van der Waals surface area contributed by atoms with E-state index in [1.54, 1.807) is 0 Å². The second-order valence-electron chi connectivity index (χ2n) is 6.12. The summed E-state index contributed by atoms with van der Waals surface area (Å²) >= 11 is 0. The number of carbonyl (C=O) groups is 1. The highest BCUT2D eigenvalue weighted by molar-refractivity contribution is 6.04. The molecule has 0 amide bonds. The van der Waals surface area contributed by atoms with Crippen LogP contribution >= 0.6 is 0 Å². The van der Waals surface area contributed by atoms with Gasteiger partial charge in [-0.2, -0.15) is 0 Å². The minimum atomic E-state index is -0.833. The summed E-state index contributed by atoms with van der Waals surface area (Å²) in [4.78, 5) is 16.5. The van der Waals surface area contributed by atoms with Gasteiger partial charge in [0.25, 0.3) is 0 Å². The van der Waals surface area contributed by atoms with Crippen LogP contribution in [0.4, 0.5) is 0 Å². The fourth-order valence-electron chi connectivity index (χ4n) is 3.49. The molecule has 0 saturated heterocycles. The molecule has 0 bridgehead atoms. The fourth-order valence-corrected chi connectivity index (χ4v) is 3.49. The highest BCUT2D eigenvalue weighted by Gasteiger charge is 2.29. The number of carboxylic acids is 1. The van der Waals surface area contributed by atoms with E-state index in [1.165, 1.54) is 0 Å².